The van der Waals surface area contributed by atoms with Gasteiger partial charge in [-0.15, -0.1) is 0 Å². The van der Waals surface area contributed by atoms with Crippen molar-refractivity contribution in [3.05, 3.63) is 28.8 Å². The van der Waals surface area contributed by atoms with Crippen LogP contribution in [-0.2, 0) is 4.79 Å². The second-order valence-electron chi connectivity index (χ2n) is 5.64. The molecular weight excluding hydrogens is 278 g/mol. The Morgan fingerprint density at radius 3 is 2.80 bits per heavy atom. The van der Waals surface area contributed by atoms with Crippen molar-refractivity contribution in [3.8, 4) is 5.75 Å². The standard InChI is InChI=1S/C15H22ClNO3/c1-11-4-5-12(16)13(8-11)20-9-14(19)17-10-15(2,3)6-7-18/h4-5,8,18H,6-7,9-10H2,1-3H3,(H,17,19). The molecule has 2 N–H and O–H groups in total. The molecule has 5 heteroatoms. The zero-order valence-electron chi connectivity index (χ0n) is 12.2. The molecule has 112 valence electrons. The van der Waals surface area contributed by atoms with E-state index in [0.29, 0.717) is 23.7 Å². The fraction of sp³-hybridized carbons (Fsp3) is 0.533. The van der Waals surface area contributed by atoms with E-state index in [0.717, 1.165) is 5.56 Å². The Bertz CT molecular complexity index is 460. The summed E-state index contributed by atoms with van der Waals surface area (Å²) in [4.78, 5) is 11.7. The number of halogens is 1. The summed E-state index contributed by atoms with van der Waals surface area (Å²) >= 11 is 5.99. The van der Waals surface area contributed by atoms with Crippen molar-refractivity contribution in [1.29, 1.82) is 0 Å². The fourth-order valence-electron chi connectivity index (χ4n) is 1.64. The zero-order chi connectivity index (χ0) is 15.2. The van der Waals surface area contributed by atoms with Gasteiger partial charge >= 0.3 is 0 Å². The minimum absolute atomic E-state index is 0.0711. The first-order valence-corrected chi connectivity index (χ1v) is 6.98. The number of carbonyl (C=O) groups is 1. The van der Waals surface area contributed by atoms with Gasteiger partial charge in [0.2, 0.25) is 0 Å². The van der Waals surface area contributed by atoms with Crippen molar-refractivity contribution in [3.63, 3.8) is 0 Å². The number of ether oxygens (including phenoxy) is 1. The van der Waals surface area contributed by atoms with E-state index >= 15 is 0 Å². The van der Waals surface area contributed by atoms with Crippen molar-refractivity contribution in [2.24, 2.45) is 5.41 Å². The highest BCUT2D eigenvalue weighted by molar-refractivity contribution is 6.32. The molecule has 0 fully saturated rings. The lowest BCUT2D eigenvalue weighted by atomic mass is 9.90. The zero-order valence-corrected chi connectivity index (χ0v) is 13.0. The third-order valence-electron chi connectivity index (χ3n) is 3.00. The van der Waals surface area contributed by atoms with Crippen LogP contribution in [0.4, 0.5) is 0 Å². The molecule has 0 aromatic heterocycles. The van der Waals surface area contributed by atoms with Crippen molar-refractivity contribution in [2.75, 3.05) is 19.8 Å². The van der Waals surface area contributed by atoms with Crippen LogP contribution in [0.2, 0.25) is 5.02 Å². The summed E-state index contributed by atoms with van der Waals surface area (Å²) in [5.41, 5.74) is 0.889. The summed E-state index contributed by atoms with van der Waals surface area (Å²) in [6, 6.07) is 5.42. The summed E-state index contributed by atoms with van der Waals surface area (Å²) < 4.78 is 5.41. The van der Waals surface area contributed by atoms with Crippen LogP contribution >= 0.6 is 11.6 Å². The van der Waals surface area contributed by atoms with Gasteiger partial charge in [0.25, 0.3) is 5.91 Å². The van der Waals surface area contributed by atoms with E-state index in [9.17, 15) is 4.79 Å². The molecular formula is C15H22ClNO3. The fourth-order valence-corrected chi connectivity index (χ4v) is 1.82. The molecule has 0 aliphatic carbocycles. The average molecular weight is 300 g/mol. The molecule has 1 aromatic rings. The summed E-state index contributed by atoms with van der Waals surface area (Å²) in [5, 5.41) is 12.2. The van der Waals surface area contributed by atoms with Gasteiger partial charge in [0, 0.05) is 13.2 Å². The molecule has 0 spiro atoms. The molecule has 0 aliphatic heterocycles. The minimum atomic E-state index is -0.200. The number of aryl methyl sites for hydroxylation is 1. The first-order chi connectivity index (χ1) is 9.34. The molecule has 1 aromatic carbocycles. The molecule has 4 nitrogen and oxygen atoms in total. The third-order valence-corrected chi connectivity index (χ3v) is 3.31. The number of nitrogens with one attached hydrogen (secondary N) is 1. The van der Waals surface area contributed by atoms with E-state index in [1.165, 1.54) is 0 Å². The van der Waals surface area contributed by atoms with Crippen LogP contribution in [0, 0.1) is 12.3 Å². The molecule has 0 heterocycles. The van der Waals surface area contributed by atoms with Gasteiger partial charge in [-0.2, -0.15) is 0 Å². The van der Waals surface area contributed by atoms with Crippen LogP contribution in [0.25, 0.3) is 0 Å². The maximum absolute atomic E-state index is 11.7. The monoisotopic (exact) mass is 299 g/mol. The van der Waals surface area contributed by atoms with Crippen molar-refractivity contribution in [2.45, 2.75) is 27.2 Å². The molecule has 1 amide bonds. The summed E-state index contributed by atoms with van der Waals surface area (Å²) in [7, 11) is 0. The van der Waals surface area contributed by atoms with Gasteiger partial charge in [-0.25, -0.2) is 0 Å². The number of hydrogen-bond donors (Lipinski definition) is 2. The molecule has 0 saturated heterocycles. The Morgan fingerprint density at radius 1 is 1.45 bits per heavy atom. The van der Waals surface area contributed by atoms with Crippen LogP contribution in [0.3, 0.4) is 0 Å². The van der Waals surface area contributed by atoms with Gasteiger partial charge in [0.1, 0.15) is 5.75 Å². The SMILES string of the molecule is Cc1ccc(Cl)c(OCC(=O)NCC(C)(C)CCO)c1. The summed E-state index contributed by atoms with van der Waals surface area (Å²) in [5.74, 6) is 0.310. The third kappa shape index (κ3) is 5.80. The van der Waals surface area contributed by atoms with Gasteiger partial charge in [0.15, 0.2) is 6.61 Å². The van der Waals surface area contributed by atoms with E-state index < -0.39 is 0 Å². The maximum atomic E-state index is 11.7. The topological polar surface area (TPSA) is 58.6 Å². The quantitative estimate of drug-likeness (QED) is 0.813. The largest absolute Gasteiger partial charge is 0.482 e. The van der Waals surface area contributed by atoms with Crippen molar-refractivity contribution in [1.82, 2.24) is 5.32 Å². The predicted octanol–water partition coefficient (Wildman–Crippen LogP) is 2.55. The smallest absolute Gasteiger partial charge is 0.257 e. The van der Waals surface area contributed by atoms with Gasteiger partial charge in [-0.1, -0.05) is 31.5 Å². The highest BCUT2D eigenvalue weighted by Gasteiger charge is 2.18. The van der Waals surface area contributed by atoms with E-state index in [1.54, 1.807) is 12.1 Å². The number of benzene rings is 1. The molecule has 1 rings (SSSR count). The number of rotatable bonds is 7. The van der Waals surface area contributed by atoms with Crippen LogP contribution in [0.5, 0.6) is 5.75 Å². The molecule has 0 radical (unpaired) electrons. The average Bonchev–Trinajstić information content (AvgIpc) is 2.37. The van der Waals surface area contributed by atoms with Gasteiger partial charge in [-0.3, -0.25) is 4.79 Å². The molecule has 0 bridgehead atoms. The summed E-state index contributed by atoms with van der Waals surface area (Å²) in [6.45, 7) is 6.44. The second-order valence-corrected chi connectivity index (χ2v) is 6.04. The first kappa shape index (κ1) is 16.8. The van der Waals surface area contributed by atoms with Crippen LogP contribution in [-0.4, -0.2) is 30.8 Å². The molecule has 0 atom stereocenters. The van der Waals surface area contributed by atoms with Crippen LogP contribution in [0.15, 0.2) is 18.2 Å². The highest BCUT2D eigenvalue weighted by atomic mass is 35.5. The van der Waals surface area contributed by atoms with E-state index in [2.05, 4.69) is 5.32 Å². The number of aliphatic hydroxyl groups is 1. The second kappa shape index (κ2) is 7.50. The Kier molecular flexibility index (Phi) is 6.30. The van der Waals surface area contributed by atoms with Crippen LogP contribution < -0.4 is 10.1 Å². The van der Waals surface area contributed by atoms with Crippen molar-refractivity contribution >= 4 is 17.5 Å². The molecule has 0 unspecified atom stereocenters. The minimum Gasteiger partial charge on any atom is -0.482 e. The Hall–Kier alpha value is -1.26. The number of carbonyl (C=O) groups excluding carboxylic acids is 1. The van der Waals surface area contributed by atoms with E-state index in [-0.39, 0.29) is 24.5 Å². The lowest BCUT2D eigenvalue weighted by Crippen LogP contribution is -2.37. The number of aliphatic hydroxyl groups excluding tert-OH is 1. The normalized spacial score (nSPS) is 11.2. The Morgan fingerprint density at radius 2 is 2.15 bits per heavy atom. The lowest BCUT2D eigenvalue weighted by Gasteiger charge is -2.23. The van der Waals surface area contributed by atoms with E-state index in [1.807, 2.05) is 26.8 Å². The summed E-state index contributed by atoms with van der Waals surface area (Å²) in [6.07, 6.45) is 0.637. The molecule has 0 saturated carbocycles. The number of hydrogen-bond acceptors (Lipinski definition) is 3. The number of amides is 1. The lowest BCUT2D eigenvalue weighted by molar-refractivity contribution is -0.123. The van der Waals surface area contributed by atoms with Gasteiger partial charge < -0.3 is 15.2 Å². The molecule has 0 aliphatic rings. The van der Waals surface area contributed by atoms with Crippen LogP contribution in [0.1, 0.15) is 25.8 Å². The predicted molar refractivity (Wildman–Crippen MR) is 80.2 cm³/mol. The van der Waals surface area contributed by atoms with E-state index in [4.69, 9.17) is 21.4 Å². The maximum Gasteiger partial charge on any atom is 0.257 e. The Labute approximate surface area is 125 Å². The first-order valence-electron chi connectivity index (χ1n) is 6.60. The highest BCUT2D eigenvalue weighted by Crippen LogP contribution is 2.25. The van der Waals surface area contributed by atoms with Gasteiger partial charge in [0.05, 0.1) is 5.02 Å². The Balaban J connectivity index is 2.42. The van der Waals surface area contributed by atoms with Crippen molar-refractivity contribution < 1.29 is 14.6 Å². The van der Waals surface area contributed by atoms with Gasteiger partial charge in [-0.05, 0) is 36.5 Å². The molecule has 20 heavy (non-hydrogen) atoms.